The second-order valence-corrected chi connectivity index (χ2v) is 5.16. The molecular weight excluding hydrogens is 212 g/mol. The zero-order valence-corrected chi connectivity index (χ0v) is 10.9. The minimum atomic E-state index is 0.323. The maximum absolute atomic E-state index is 5.18. The molecule has 2 rings (SSSR count). The molecule has 0 aliphatic heterocycles. The Bertz CT molecular complexity index is 403. The Balaban J connectivity index is 2.15. The normalized spacial score (nSPS) is 25.9. The first-order valence-corrected chi connectivity index (χ1v) is 5.94. The van der Waals surface area contributed by atoms with E-state index in [4.69, 9.17) is 9.47 Å². The van der Waals surface area contributed by atoms with E-state index in [1.165, 1.54) is 5.56 Å². The summed E-state index contributed by atoms with van der Waals surface area (Å²) in [4.78, 5) is 0. The van der Waals surface area contributed by atoms with E-state index in [0.29, 0.717) is 17.3 Å². The molecule has 0 saturated heterocycles. The Morgan fingerprint density at radius 3 is 2.29 bits per heavy atom. The van der Waals surface area contributed by atoms with Crippen molar-refractivity contribution in [3.63, 3.8) is 0 Å². The van der Waals surface area contributed by atoms with Gasteiger partial charge in [-0.3, -0.25) is 0 Å². The Kier molecular flexibility index (Phi) is 3.14. The molecule has 2 heteroatoms. The van der Waals surface area contributed by atoms with Crippen molar-refractivity contribution in [2.24, 2.45) is 11.3 Å². The molecule has 0 spiro atoms. The van der Waals surface area contributed by atoms with Crippen molar-refractivity contribution in [1.29, 1.82) is 0 Å². The van der Waals surface area contributed by atoms with E-state index in [9.17, 15) is 0 Å². The minimum absolute atomic E-state index is 0.323. The van der Waals surface area contributed by atoms with Crippen LogP contribution in [0.1, 0.15) is 25.3 Å². The second kappa shape index (κ2) is 4.44. The van der Waals surface area contributed by atoms with Gasteiger partial charge in [-0.15, -0.1) is 0 Å². The lowest BCUT2D eigenvalue weighted by atomic mass is 10.0. The fourth-order valence-corrected chi connectivity index (χ4v) is 2.65. The molecular formula is C15H20O2. The van der Waals surface area contributed by atoms with Gasteiger partial charge in [-0.05, 0) is 41.0 Å². The van der Waals surface area contributed by atoms with Crippen LogP contribution in [0.25, 0.3) is 0 Å². The lowest BCUT2D eigenvalue weighted by molar-refractivity contribution is 0.335. The zero-order chi connectivity index (χ0) is 12.5. The summed E-state index contributed by atoms with van der Waals surface area (Å²) in [7, 11) is 3.38. The Hall–Kier alpha value is -1.44. The molecule has 17 heavy (non-hydrogen) atoms. The molecule has 0 heterocycles. The van der Waals surface area contributed by atoms with Crippen LogP contribution < -0.4 is 4.74 Å². The van der Waals surface area contributed by atoms with Gasteiger partial charge in [0.2, 0.25) is 0 Å². The third-order valence-corrected chi connectivity index (χ3v) is 3.81. The highest BCUT2D eigenvalue weighted by atomic mass is 16.5. The summed E-state index contributed by atoms with van der Waals surface area (Å²) >= 11 is 0. The van der Waals surface area contributed by atoms with Gasteiger partial charge in [0, 0.05) is 0 Å². The van der Waals surface area contributed by atoms with Gasteiger partial charge in [0.15, 0.2) is 0 Å². The number of allylic oxidation sites excluding steroid dienone is 1. The van der Waals surface area contributed by atoms with E-state index < -0.39 is 0 Å². The van der Waals surface area contributed by atoms with Crippen molar-refractivity contribution in [3.8, 4) is 5.75 Å². The van der Waals surface area contributed by atoms with Crippen LogP contribution in [0, 0.1) is 11.3 Å². The van der Waals surface area contributed by atoms with Crippen LogP contribution in [0.2, 0.25) is 0 Å². The molecule has 2 atom stereocenters. The summed E-state index contributed by atoms with van der Waals surface area (Å²) in [6.07, 6.45) is 3.95. The van der Waals surface area contributed by atoms with E-state index in [1.807, 2.05) is 12.1 Å². The van der Waals surface area contributed by atoms with Gasteiger partial charge in [-0.25, -0.2) is 0 Å². The minimum Gasteiger partial charge on any atom is -0.505 e. The summed E-state index contributed by atoms with van der Waals surface area (Å²) in [6, 6.07) is 8.37. The molecule has 0 bridgehead atoms. The SMILES string of the molecule is CO/C=C/C1C(c2ccc(OC)cc2)C1(C)C. The standard InChI is InChI=1S/C15H20O2/c1-15(2)13(9-10-16-3)14(15)11-5-7-12(17-4)8-6-11/h5-10,13-14H,1-4H3/b10-9+. The molecule has 1 saturated carbocycles. The topological polar surface area (TPSA) is 18.5 Å². The molecule has 0 aromatic heterocycles. The summed E-state index contributed by atoms with van der Waals surface area (Å²) in [5.74, 6) is 2.06. The van der Waals surface area contributed by atoms with E-state index in [2.05, 4.69) is 32.1 Å². The average Bonchev–Trinajstić information content (AvgIpc) is 2.88. The quantitative estimate of drug-likeness (QED) is 0.738. The summed E-state index contributed by atoms with van der Waals surface area (Å²) < 4.78 is 10.2. The molecule has 2 unspecified atom stereocenters. The Labute approximate surface area is 103 Å². The fraction of sp³-hybridized carbons (Fsp3) is 0.467. The predicted molar refractivity (Wildman–Crippen MR) is 69.2 cm³/mol. The molecule has 0 radical (unpaired) electrons. The Morgan fingerprint density at radius 1 is 1.12 bits per heavy atom. The molecule has 92 valence electrons. The highest BCUT2D eigenvalue weighted by Gasteiger charge is 2.56. The molecule has 1 aliphatic rings. The Morgan fingerprint density at radius 2 is 1.76 bits per heavy atom. The molecule has 0 N–H and O–H groups in total. The van der Waals surface area contributed by atoms with E-state index in [0.717, 1.165) is 5.75 Å². The molecule has 1 aromatic carbocycles. The number of hydrogen-bond acceptors (Lipinski definition) is 2. The molecule has 1 aliphatic carbocycles. The lowest BCUT2D eigenvalue weighted by Crippen LogP contribution is -1.90. The van der Waals surface area contributed by atoms with Crippen LogP contribution >= 0.6 is 0 Å². The lowest BCUT2D eigenvalue weighted by Gasteiger charge is -2.04. The van der Waals surface area contributed by atoms with Gasteiger partial charge >= 0.3 is 0 Å². The second-order valence-electron chi connectivity index (χ2n) is 5.16. The molecule has 1 fully saturated rings. The van der Waals surface area contributed by atoms with Crippen LogP contribution in [0.5, 0.6) is 5.75 Å². The van der Waals surface area contributed by atoms with Crippen molar-refractivity contribution < 1.29 is 9.47 Å². The number of hydrogen-bond donors (Lipinski definition) is 0. The first-order chi connectivity index (χ1) is 8.11. The van der Waals surface area contributed by atoms with Crippen molar-refractivity contribution in [3.05, 3.63) is 42.2 Å². The monoisotopic (exact) mass is 232 g/mol. The van der Waals surface area contributed by atoms with Crippen LogP contribution in [0.3, 0.4) is 0 Å². The van der Waals surface area contributed by atoms with E-state index >= 15 is 0 Å². The first-order valence-electron chi connectivity index (χ1n) is 5.94. The highest BCUT2D eigenvalue weighted by molar-refractivity contribution is 5.37. The van der Waals surface area contributed by atoms with Crippen molar-refractivity contribution in [2.45, 2.75) is 19.8 Å². The third-order valence-electron chi connectivity index (χ3n) is 3.81. The molecule has 2 nitrogen and oxygen atoms in total. The predicted octanol–water partition coefficient (Wildman–Crippen LogP) is 3.59. The number of ether oxygens (including phenoxy) is 2. The average molecular weight is 232 g/mol. The maximum atomic E-state index is 5.18. The largest absolute Gasteiger partial charge is 0.505 e. The van der Waals surface area contributed by atoms with Gasteiger partial charge in [-0.2, -0.15) is 0 Å². The van der Waals surface area contributed by atoms with Crippen LogP contribution in [0.15, 0.2) is 36.6 Å². The summed E-state index contributed by atoms with van der Waals surface area (Å²) in [5.41, 5.74) is 1.70. The fourth-order valence-electron chi connectivity index (χ4n) is 2.65. The molecule has 0 amide bonds. The van der Waals surface area contributed by atoms with Crippen molar-refractivity contribution >= 4 is 0 Å². The van der Waals surface area contributed by atoms with Gasteiger partial charge in [-0.1, -0.05) is 26.0 Å². The first kappa shape index (κ1) is 12.0. The van der Waals surface area contributed by atoms with Gasteiger partial charge in [0.25, 0.3) is 0 Å². The van der Waals surface area contributed by atoms with Crippen LogP contribution in [-0.2, 0) is 4.74 Å². The molecule has 1 aromatic rings. The van der Waals surface area contributed by atoms with Gasteiger partial charge in [0.05, 0.1) is 20.5 Å². The van der Waals surface area contributed by atoms with Gasteiger partial charge < -0.3 is 9.47 Å². The van der Waals surface area contributed by atoms with Crippen LogP contribution in [-0.4, -0.2) is 14.2 Å². The zero-order valence-electron chi connectivity index (χ0n) is 10.9. The number of methoxy groups -OCH3 is 2. The van der Waals surface area contributed by atoms with E-state index in [1.54, 1.807) is 20.5 Å². The van der Waals surface area contributed by atoms with Crippen molar-refractivity contribution in [1.82, 2.24) is 0 Å². The van der Waals surface area contributed by atoms with Crippen molar-refractivity contribution in [2.75, 3.05) is 14.2 Å². The number of benzene rings is 1. The summed E-state index contributed by atoms with van der Waals surface area (Å²) in [5, 5.41) is 0. The third kappa shape index (κ3) is 2.17. The van der Waals surface area contributed by atoms with E-state index in [-0.39, 0.29) is 0 Å². The highest BCUT2D eigenvalue weighted by Crippen LogP contribution is 2.65. The van der Waals surface area contributed by atoms with Gasteiger partial charge in [0.1, 0.15) is 5.75 Å². The number of rotatable bonds is 4. The van der Waals surface area contributed by atoms with Crippen LogP contribution in [0.4, 0.5) is 0 Å². The maximum Gasteiger partial charge on any atom is 0.118 e. The summed E-state index contributed by atoms with van der Waals surface area (Å²) in [6.45, 7) is 4.60. The smallest absolute Gasteiger partial charge is 0.118 e.